The number of hydrogen-bond donors (Lipinski definition) is 3. The number of carbonyl (C=O) groups is 2. The molecule has 0 radical (unpaired) electrons. The molecular weight excluding hydrogens is 378 g/mol. The number of nitrogens with one attached hydrogen (secondary N) is 1. The van der Waals surface area contributed by atoms with E-state index in [1.165, 1.54) is 69.6 Å². The lowest BCUT2D eigenvalue weighted by molar-refractivity contribution is -0.116. The molecule has 0 aromatic heterocycles. The Morgan fingerprint density at radius 2 is 1.43 bits per heavy atom. The summed E-state index contributed by atoms with van der Waals surface area (Å²) in [5.41, 5.74) is -0.129. The van der Waals surface area contributed by atoms with E-state index in [4.69, 9.17) is 5.11 Å². The molecule has 0 heterocycles. The van der Waals surface area contributed by atoms with Crippen LogP contribution >= 0.6 is 0 Å². The third kappa shape index (κ3) is 11.6. The first-order valence-electron chi connectivity index (χ1n) is 11.6. The van der Waals surface area contributed by atoms with Crippen molar-refractivity contribution < 1.29 is 19.8 Å². The Morgan fingerprint density at radius 1 is 0.867 bits per heavy atom. The molecule has 3 N–H and O–H groups in total. The first kappa shape index (κ1) is 25.7. The zero-order valence-electron chi connectivity index (χ0n) is 18.5. The van der Waals surface area contributed by atoms with E-state index in [-0.39, 0.29) is 22.9 Å². The lowest BCUT2D eigenvalue weighted by Gasteiger charge is -2.10. The van der Waals surface area contributed by atoms with Gasteiger partial charge >= 0.3 is 5.97 Å². The highest BCUT2D eigenvalue weighted by Crippen LogP contribution is 2.27. The Bertz CT molecular complexity index is 655. The fourth-order valence-corrected chi connectivity index (χ4v) is 3.41. The van der Waals surface area contributed by atoms with Gasteiger partial charge in [-0.3, -0.25) is 4.79 Å². The van der Waals surface area contributed by atoms with E-state index in [1.54, 1.807) is 0 Å². The monoisotopic (exact) mass is 417 g/mol. The number of aromatic carboxylic acids is 1. The smallest absolute Gasteiger partial charge is 0.337 e. The van der Waals surface area contributed by atoms with Gasteiger partial charge in [-0.2, -0.15) is 0 Å². The number of amides is 1. The van der Waals surface area contributed by atoms with Gasteiger partial charge in [0.2, 0.25) is 5.91 Å². The molecule has 1 rings (SSSR count). The van der Waals surface area contributed by atoms with Gasteiger partial charge < -0.3 is 15.5 Å². The maximum atomic E-state index is 12.0. The van der Waals surface area contributed by atoms with Crippen LogP contribution in [0.1, 0.15) is 107 Å². The average Bonchev–Trinajstić information content (AvgIpc) is 2.72. The second-order valence-electron chi connectivity index (χ2n) is 7.89. The van der Waals surface area contributed by atoms with E-state index >= 15 is 0 Å². The second kappa shape index (κ2) is 16.5. The van der Waals surface area contributed by atoms with E-state index in [9.17, 15) is 14.7 Å². The number of phenolic OH excluding ortho intramolecular Hbond substituents is 1. The Kier molecular flexibility index (Phi) is 14.1. The summed E-state index contributed by atoms with van der Waals surface area (Å²) in [5.74, 6) is -1.67. The number of carboxylic acid groups (broad SMARTS) is 1. The van der Waals surface area contributed by atoms with Crippen LogP contribution in [-0.2, 0) is 4.79 Å². The van der Waals surface area contributed by atoms with Gasteiger partial charge in [0.25, 0.3) is 0 Å². The van der Waals surface area contributed by atoms with E-state index < -0.39 is 5.97 Å². The molecule has 0 fully saturated rings. The van der Waals surface area contributed by atoms with Gasteiger partial charge in [0.05, 0.1) is 11.3 Å². The van der Waals surface area contributed by atoms with Gasteiger partial charge in [0.1, 0.15) is 5.75 Å². The van der Waals surface area contributed by atoms with Crippen molar-refractivity contribution in [1.82, 2.24) is 0 Å². The summed E-state index contributed by atoms with van der Waals surface area (Å²) < 4.78 is 0. The summed E-state index contributed by atoms with van der Waals surface area (Å²) in [6, 6.07) is 4.17. The molecule has 1 aromatic carbocycles. The molecule has 0 aliphatic rings. The first-order chi connectivity index (χ1) is 14.6. The van der Waals surface area contributed by atoms with Crippen molar-refractivity contribution in [3.63, 3.8) is 0 Å². The van der Waals surface area contributed by atoms with Crippen LogP contribution in [0, 0.1) is 0 Å². The number of unbranched alkanes of at least 4 members (excludes halogenated alkanes) is 11. The minimum atomic E-state index is -1.18. The summed E-state index contributed by atoms with van der Waals surface area (Å²) >= 11 is 0. The van der Waals surface area contributed by atoms with E-state index in [0.717, 1.165) is 32.1 Å². The predicted octanol–water partition coefficient (Wildman–Crippen LogP) is 7.07. The summed E-state index contributed by atoms with van der Waals surface area (Å²) in [6.07, 6.45) is 20.5. The number of carboxylic acids is 1. The number of benzene rings is 1. The number of phenols is 1. The maximum absolute atomic E-state index is 12.0. The van der Waals surface area contributed by atoms with Crippen molar-refractivity contribution in [3.8, 4) is 5.75 Å². The molecule has 1 aromatic rings. The molecule has 0 spiro atoms. The third-order valence-corrected chi connectivity index (χ3v) is 5.20. The molecule has 168 valence electrons. The lowest BCUT2D eigenvalue weighted by atomic mass is 10.1. The Hall–Kier alpha value is -2.30. The number of anilines is 1. The summed E-state index contributed by atoms with van der Waals surface area (Å²) in [4.78, 5) is 23.2. The fraction of sp³-hybridized carbons (Fsp3) is 0.600. The average molecular weight is 418 g/mol. The van der Waals surface area contributed by atoms with Crippen LogP contribution in [0.4, 0.5) is 5.69 Å². The number of aromatic hydroxyl groups is 1. The van der Waals surface area contributed by atoms with Gasteiger partial charge in [-0.1, -0.05) is 76.5 Å². The zero-order valence-corrected chi connectivity index (χ0v) is 18.5. The molecule has 1 amide bonds. The highest BCUT2D eigenvalue weighted by atomic mass is 16.4. The number of para-hydroxylation sites is 1. The molecule has 0 unspecified atom stereocenters. The van der Waals surface area contributed by atoms with Crippen molar-refractivity contribution in [2.75, 3.05) is 5.32 Å². The van der Waals surface area contributed by atoms with E-state index in [0.29, 0.717) is 6.42 Å². The highest BCUT2D eigenvalue weighted by molar-refractivity contribution is 6.02. The first-order valence-corrected chi connectivity index (χ1v) is 11.6. The molecular formula is C25H39NO4. The number of carbonyl (C=O) groups excluding carboxylic acids is 1. The Labute approximate surface area is 181 Å². The van der Waals surface area contributed by atoms with Gasteiger partial charge in [0, 0.05) is 6.42 Å². The standard InChI is InChI=1S/C25H39NO4/c1-2-3-4-5-6-7-8-9-10-11-12-13-14-15-16-20-23(28)26-24-21(25(29)30)18-17-19-22(24)27/h9-10,17-19,27H,2-8,11-16,20H2,1H3,(H,26,28)(H,29,30). The lowest BCUT2D eigenvalue weighted by Crippen LogP contribution is -2.14. The van der Waals surface area contributed by atoms with Crippen molar-refractivity contribution >= 4 is 17.6 Å². The van der Waals surface area contributed by atoms with Crippen LogP contribution < -0.4 is 5.32 Å². The van der Waals surface area contributed by atoms with Crippen LogP contribution in [0.3, 0.4) is 0 Å². The maximum Gasteiger partial charge on any atom is 0.337 e. The molecule has 0 aliphatic carbocycles. The summed E-state index contributed by atoms with van der Waals surface area (Å²) in [5, 5.41) is 21.5. The Morgan fingerprint density at radius 3 is 2.03 bits per heavy atom. The van der Waals surface area contributed by atoms with Gasteiger partial charge in [0.15, 0.2) is 0 Å². The highest BCUT2D eigenvalue weighted by Gasteiger charge is 2.15. The van der Waals surface area contributed by atoms with Crippen LogP contribution in [-0.4, -0.2) is 22.1 Å². The fourth-order valence-electron chi connectivity index (χ4n) is 3.41. The zero-order chi connectivity index (χ0) is 22.0. The van der Waals surface area contributed by atoms with Crippen LogP contribution in [0.25, 0.3) is 0 Å². The topological polar surface area (TPSA) is 86.6 Å². The quantitative estimate of drug-likeness (QED) is 0.144. The molecule has 5 heteroatoms. The van der Waals surface area contributed by atoms with Crippen molar-refractivity contribution in [1.29, 1.82) is 0 Å². The van der Waals surface area contributed by atoms with Crippen molar-refractivity contribution in [2.24, 2.45) is 0 Å². The Balaban J connectivity index is 2.04. The molecule has 0 aliphatic heterocycles. The molecule has 0 bridgehead atoms. The minimum Gasteiger partial charge on any atom is -0.506 e. The number of rotatable bonds is 17. The van der Waals surface area contributed by atoms with Gasteiger partial charge in [-0.15, -0.1) is 0 Å². The molecule has 0 saturated carbocycles. The predicted molar refractivity (Wildman–Crippen MR) is 123 cm³/mol. The van der Waals surface area contributed by atoms with Crippen LogP contribution in [0.5, 0.6) is 5.75 Å². The normalized spacial score (nSPS) is 11.1. The van der Waals surface area contributed by atoms with E-state index in [1.807, 2.05) is 0 Å². The number of hydrogen-bond acceptors (Lipinski definition) is 3. The SMILES string of the molecule is CCCCCCCCC=CCCCCCCCC(=O)Nc1c(O)cccc1C(=O)O. The van der Waals surface area contributed by atoms with Crippen molar-refractivity contribution in [2.45, 2.75) is 96.8 Å². The molecule has 30 heavy (non-hydrogen) atoms. The van der Waals surface area contributed by atoms with Crippen LogP contribution in [0.2, 0.25) is 0 Å². The largest absolute Gasteiger partial charge is 0.506 e. The van der Waals surface area contributed by atoms with Crippen LogP contribution in [0.15, 0.2) is 30.4 Å². The van der Waals surface area contributed by atoms with Crippen molar-refractivity contribution in [3.05, 3.63) is 35.9 Å². The van der Waals surface area contributed by atoms with Gasteiger partial charge in [-0.05, 0) is 44.2 Å². The van der Waals surface area contributed by atoms with E-state index in [2.05, 4.69) is 24.4 Å². The number of allylic oxidation sites excluding steroid dienone is 2. The minimum absolute atomic E-state index is 0.0252. The second-order valence-corrected chi connectivity index (χ2v) is 7.89. The summed E-state index contributed by atoms with van der Waals surface area (Å²) in [7, 11) is 0. The molecule has 0 saturated heterocycles. The summed E-state index contributed by atoms with van der Waals surface area (Å²) in [6.45, 7) is 2.25. The molecule has 5 nitrogen and oxygen atoms in total. The molecule has 0 atom stereocenters. The third-order valence-electron chi connectivity index (χ3n) is 5.20. The van der Waals surface area contributed by atoms with Gasteiger partial charge in [-0.25, -0.2) is 4.79 Å².